The molecular formula is C67H37N13O. The number of H-pyrrole nitrogens is 1. The predicted molar refractivity (Wildman–Crippen MR) is 319 cm³/mol. The van der Waals surface area contributed by atoms with Gasteiger partial charge in [-0.3, -0.25) is 4.98 Å². The van der Waals surface area contributed by atoms with E-state index in [9.17, 15) is 0 Å². The molecule has 14 nitrogen and oxygen atoms in total. The molecule has 0 unspecified atom stereocenters. The first kappa shape index (κ1) is 44.6. The van der Waals surface area contributed by atoms with Gasteiger partial charge >= 0.3 is 0 Å². The molecule has 0 radical (unpaired) electrons. The van der Waals surface area contributed by atoms with Crippen LogP contribution in [0.4, 0.5) is 11.4 Å². The van der Waals surface area contributed by atoms with Crippen molar-refractivity contribution in [2.24, 2.45) is 0 Å². The highest BCUT2D eigenvalue weighted by atomic mass is 16.5. The van der Waals surface area contributed by atoms with E-state index in [1.165, 1.54) is 0 Å². The van der Waals surface area contributed by atoms with Crippen LogP contribution in [0.15, 0.2) is 213 Å². The minimum absolute atomic E-state index is 0.336. The monoisotopic (exact) mass is 1040 g/mol. The molecule has 0 amide bonds. The van der Waals surface area contributed by atoms with Gasteiger partial charge in [0.15, 0.2) is 28.8 Å². The van der Waals surface area contributed by atoms with E-state index >= 15 is 0 Å². The van der Waals surface area contributed by atoms with Crippen LogP contribution in [0.2, 0.25) is 0 Å². The molecule has 9 aromatic carbocycles. The zero-order valence-electron chi connectivity index (χ0n) is 42.5. The van der Waals surface area contributed by atoms with Gasteiger partial charge in [-0.1, -0.05) is 115 Å². The molecule has 0 atom stereocenters. The molecule has 2 N–H and O–H groups in total. The van der Waals surface area contributed by atoms with Crippen molar-refractivity contribution in [3.63, 3.8) is 0 Å². The Labute approximate surface area is 459 Å². The standard InChI is InChI=1S/C67H37N13O/c1-4-19-43-36(13-1)27-29-46(73-43)40-28-30-52-63(55(40)53-34-70-47-22-7-8-23-48(47)75-53)81-64-59(67-71-33-37-14-2-5-20-44(37)79-67)58(66-72-35-54-65(80-66)69-32-31-68-54)56(41-17-11-16-39-38-15-3-6-21-45(38)76-60(39)41)57(62(64)78-52)42-18-12-26-51-61(42)77-50-25-10-9-24-49(50)74-51/h1-35,76,78H. The molecule has 376 valence electrons. The fourth-order valence-electron chi connectivity index (χ4n) is 11.6. The van der Waals surface area contributed by atoms with Crippen LogP contribution in [-0.2, 0) is 0 Å². The molecular weight excluding hydrogens is 1000 g/mol. The number of aromatic nitrogens is 12. The van der Waals surface area contributed by atoms with Crippen molar-refractivity contribution in [2.45, 2.75) is 0 Å². The number of nitrogens with zero attached hydrogens (tertiary/aromatic N) is 11. The summed E-state index contributed by atoms with van der Waals surface area (Å²) in [6, 6.07) is 61.0. The summed E-state index contributed by atoms with van der Waals surface area (Å²) in [5.74, 6) is 1.59. The third-order valence-electron chi connectivity index (χ3n) is 15.3. The lowest BCUT2D eigenvalue weighted by molar-refractivity contribution is 0.485. The van der Waals surface area contributed by atoms with Gasteiger partial charge in [0, 0.05) is 79.0 Å². The fourth-order valence-corrected chi connectivity index (χ4v) is 11.6. The van der Waals surface area contributed by atoms with Gasteiger partial charge < -0.3 is 15.0 Å². The van der Waals surface area contributed by atoms with Crippen molar-refractivity contribution in [3.05, 3.63) is 213 Å². The highest BCUT2D eigenvalue weighted by Crippen LogP contribution is 2.61. The Kier molecular flexibility index (Phi) is 9.64. The molecule has 81 heavy (non-hydrogen) atoms. The summed E-state index contributed by atoms with van der Waals surface area (Å²) in [4.78, 5) is 60.7. The van der Waals surface area contributed by atoms with Crippen LogP contribution in [0.25, 0.3) is 155 Å². The largest absolute Gasteiger partial charge is 0.451 e. The van der Waals surface area contributed by atoms with Crippen LogP contribution in [0.1, 0.15) is 0 Å². The Bertz CT molecular complexity index is 5350. The molecule has 17 rings (SSSR count). The molecule has 0 aliphatic carbocycles. The van der Waals surface area contributed by atoms with Gasteiger partial charge in [0.25, 0.3) is 0 Å². The van der Waals surface area contributed by atoms with E-state index in [0.717, 1.165) is 99.2 Å². The van der Waals surface area contributed by atoms with E-state index in [0.29, 0.717) is 79.1 Å². The average Bonchev–Trinajstić information content (AvgIpc) is 3.99. The third-order valence-corrected chi connectivity index (χ3v) is 15.3. The van der Waals surface area contributed by atoms with Gasteiger partial charge in [-0.25, -0.2) is 49.8 Å². The highest BCUT2D eigenvalue weighted by Gasteiger charge is 2.37. The lowest BCUT2D eigenvalue weighted by atomic mass is 9.83. The average molecular weight is 1040 g/mol. The molecule has 16 aromatic rings. The second kappa shape index (κ2) is 17.5. The predicted octanol–water partition coefficient (Wildman–Crippen LogP) is 15.4. The summed E-state index contributed by atoms with van der Waals surface area (Å²) >= 11 is 0. The number of rotatable bonds is 6. The Morgan fingerprint density at radius 3 is 1.91 bits per heavy atom. The number of nitrogens with one attached hydrogen (secondary N) is 2. The maximum Gasteiger partial charge on any atom is 0.181 e. The molecule has 7 aromatic heterocycles. The lowest BCUT2D eigenvalue weighted by Gasteiger charge is -2.32. The number of aromatic amines is 1. The van der Waals surface area contributed by atoms with Gasteiger partial charge in [0.1, 0.15) is 5.52 Å². The second-order valence-corrected chi connectivity index (χ2v) is 19.9. The summed E-state index contributed by atoms with van der Waals surface area (Å²) in [6.45, 7) is 0. The Balaban J connectivity index is 1.06. The summed E-state index contributed by atoms with van der Waals surface area (Å²) < 4.78 is 7.88. The van der Waals surface area contributed by atoms with Crippen molar-refractivity contribution in [1.29, 1.82) is 0 Å². The van der Waals surface area contributed by atoms with Crippen LogP contribution in [0, 0.1) is 0 Å². The normalized spacial score (nSPS) is 12.1. The van der Waals surface area contributed by atoms with E-state index in [-0.39, 0.29) is 0 Å². The zero-order valence-corrected chi connectivity index (χ0v) is 42.5. The molecule has 0 saturated carbocycles. The number of pyridine rings is 1. The summed E-state index contributed by atoms with van der Waals surface area (Å²) in [5, 5.41) is 8.02. The molecule has 1 aliphatic rings. The topological polar surface area (TPSA) is 179 Å². The van der Waals surface area contributed by atoms with Gasteiger partial charge in [-0.15, -0.1) is 0 Å². The van der Waals surface area contributed by atoms with E-state index in [4.69, 9.17) is 54.6 Å². The number of hydrogen-bond donors (Lipinski definition) is 2. The molecule has 0 spiro atoms. The van der Waals surface area contributed by atoms with Crippen molar-refractivity contribution in [3.8, 4) is 79.0 Å². The number of ether oxygens (including phenoxy) is 1. The number of benzene rings is 9. The number of anilines is 2. The smallest absolute Gasteiger partial charge is 0.181 e. The SMILES string of the molecule is c1ccc2nc(-c3ccc4c(c3-c3cnc5ccccc5n3)Oc3c(c(-c5cccc6nc7ccccc7nc56)c(-c5cccc6c5[nH]c5ccccc56)c(-c5ncc6nccnc6n5)c3-c3ncc5ccccc5n3)N4)ccc2c1. The number of hydrogen-bond acceptors (Lipinski definition) is 13. The highest BCUT2D eigenvalue weighted by molar-refractivity contribution is 6.20. The zero-order chi connectivity index (χ0) is 53.1. The number of fused-ring (bicyclic) bond motifs is 11. The van der Waals surface area contributed by atoms with Crippen LogP contribution in [0.3, 0.4) is 0 Å². The summed E-state index contributed by atoms with van der Waals surface area (Å²) in [5.41, 5.74) is 17.0. The first-order valence-corrected chi connectivity index (χ1v) is 26.4. The van der Waals surface area contributed by atoms with E-state index in [1.807, 2.05) is 128 Å². The lowest BCUT2D eigenvalue weighted by Crippen LogP contribution is -2.12. The van der Waals surface area contributed by atoms with Crippen LogP contribution >= 0.6 is 0 Å². The van der Waals surface area contributed by atoms with Gasteiger partial charge in [-0.05, 0) is 66.7 Å². The van der Waals surface area contributed by atoms with E-state index in [1.54, 1.807) is 24.8 Å². The van der Waals surface area contributed by atoms with Gasteiger partial charge in [0.2, 0.25) is 0 Å². The van der Waals surface area contributed by atoms with Crippen molar-refractivity contribution < 1.29 is 4.74 Å². The Morgan fingerprint density at radius 2 is 1.02 bits per heavy atom. The van der Waals surface area contributed by atoms with Crippen molar-refractivity contribution in [1.82, 2.24) is 59.8 Å². The van der Waals surface area contributed by atoms with Crippen LogP contribution in [0.5, 0.6) is 11.5 Å². The maximum absolute atomic E-state index is 7.88. The van der Waals surface area contributed by atoms with Gasteiger partial charge in [0.05, 0.1) is 95.9 Å². The van der Waals surface area contributed by atoms with Crippen LogP contribution < -0.4 is 10.1 Å². The molecule has 14 heteroatoms. The molecule has 0 fully saturated rings. The van der Waals surface area contributed by atoms with Crippen molar-refractivity contribution >= 4 is 99.3 Å². The number of para-hydroxylation sites is 9. The first-order chi connectivity index (χ1) is 40.1. The second-order valence-electron chi connectivity index (χ2n) is 19.9. The Morgan fingerprint density at radius 1 is 0.346 bits per heavy atom. The molecule has 8 heterocycles. The molecule has 0 bridgehead atoms. The third kappa shape index (κ3) is 7.03. The fraction of sp³-hybridized carbons (Fsp3) is 0. The van der Waals surface area contributed by atoms with Crippen molar-refractivity contribution in [2.75, 3.05) is 5.32 Å². The molecule has 1 aliphatic heterocycles. The first-order valence-electron chi connectivity index (χ1n) is 26.4. The Hall–Kier alpha value is -11.5. The maximum atomic E-state index is 7.88. The quantitative estimate of drug-likeness (QED) is 0.150. The minimum Gasteiger partial charge on any atom is -0.451 e. The van der Waals surface area contributed by atoms with E-state index in [2.05, 4.69) is 75.9 Å². The summed E-state index contributed by atoms with van der Waals surface area (Å²) in [6.07, 6.45) is 8.64. The molecule has 0 saturated heterocycles. The summed E-state index contributed by atoms with van der Waals surface area (Å²) in [7, 11) is 0. The van der Waals surface area contributed by atoms with Gasteiger partial charge in [-0.2, -0.15) is 0 Å². The minimum atomic E-state index is 0.336. The van der Waals surface area contributed by atoms with E-state index < -0.39 is 0 Å². The van der Waals surface area contributed by atoms with Crippen LogP contribution in [-0.4, -0.2) is 59.8 Å².